The molecule has 8 heteroatoms. The number of aromatic nitrogens is 3. The van der Waals surface area contributed by atoms with Gasteiger partial charge in [0.1, 0.15) is 18.2 Å². The molecule has 0 bridgehead atoms. The lowest BCUT2D eigenvalue weighted by Crippen LogP contribution is -2.19. The molecule has 7 nitrogen and oxygen atoms in total. The molecule has 3 aromatic rings. The van der Waals surface area contributed by atoms with Gasteiger partial charge in [-0.1, -0.05) is 30.0 Å². The molecule has 174 valence electrons. The van der Waals surface area contributed by atoms with E-state index in [0.29, 0.717) is 23.2 Å². The Labute approximate surface area is 198 Å². The molecule has 1 fully saturated rings. The Kier molecular flexibility index (Phi) is 7.35. The molecule has 2 heterocycles. The van der Waals surface area contributed by atoms with Gasteiger partial charge in [0.15, 0.2) is 5.16 Å². The lowest BCUT2D eigenvalue weighted by Gasteiger charge is -2.16. The van der Waals surface area contributed by atoms with Crippen molar-refractivity contribution in [2.45, 2.75) is 51.8 Å². The summed E-state index contributed by atoms with van der Waals surface area (Å²) in [4.78, 5) is 12.8. The summed E-state index contributed by atoms with van der Waals surface area (Å²) in [6, 6.07) is 12.1. The number of aryl methyl sites for hydroxylation is 4. The van der Waals surface area contributed by atoms with E-state index in [0.717, 1.165) is 47.7 Å². The highest BCUT2D eigenvalue weighted by atomic mass is 32.2. The second-order valence-corrected chi connectivity index (χ2v) is 9.38. The third kappa shape index (κ3) is 5.75. The molecule has 1 aromatic heterocycles. The average molecular weight is 467 g/mol. The molecule has 1 saturated heterocycles. The van der Waals surface area contributed by atoms with Gasteiger partial charge in [0.25, 0.3) is 0 Å². The summed E-state index contributed by atoms with van der Waals surface area (Å²) in [7, 11) is 0. The maximum atomic E-state index is 12.8. The fourth-order valence-electron chi connectivity index (χ4n) is 3.80. The number of rotatable bonds is 8. The van der Waals surface area contributed by atoms with Crippen molar-refractivity contribution in [1.29, 1.82) is 0 Å². The number of nitrogens with one attached hydrogen (secondary N) is 1. The minimum absolute atomic E-state index is 0.115. The molecule has 4 rings (SSSR count). The molecule has 0 spiro atoms. The van der Waals surface area contributed by atoms with Gasteiger partial charge in [-0.15, -0.1) is 10.2 Å². The standard InChI is InChI=1S/C25H30N4O3S/c1-16-7-9-18(3)22(12-16)29-19(4)27-28-25(29)33-15-24(30)26-21-10-8-17(2)13-23(21)32-14-20-6-5-11-31-20/h7-10,12-13,20H,5-6,11,14-15H2,1-4H3,(H,26,30). The van der Waals surface area contributed by atoms with Gasteiger partial charge < -0.3 is 14.8 Å². The number of ether oxygens (including phenoxy) is 2. The number of hydrogen-bond acceptors (Lipinski definition) is 6. The molecule has 1 N–H and O–H groups in total. The van der Waals surface area contributed by atoms with Crippen LogP contribution in [0.2, 0.25) is 0 Å². The predicted molar refractivity (Wildman–Crippen MR) is 131 cm³/mol. The number of amides is 1. The zero-order valence-electron chi connectivity index (χ0n) is 19.6. The molecule has 33 heavy (non-hydrogen) atoms. The lowest BCUT2D eigenvalue weighted by atomic mass is 10.1. The first-order chi connectivity index (χ1) is 15.9. The number of hydrogen-bond donors (Lipinski definition) is 1. The first-order valence-corrected chi connectivity index (χ1v) is 12.2. The van der Waals surface area contributed by atoms with Gasteiger partial charge in [-0.2, -0.15) is 0 Å². The summed E-state index contributed by atoms with van der Waals surface area (Å²) in [6.07, 6.45) is 2.18. The van der Waals surface area contributed by atoms with Crippen LogP contribution in [0, 0.1) is 27.7 Å². The van der Waals surface area contributed by atoms with Crippen LogP contribution in [-0.2, 0) is 9.53 Å². The monoisotopic (exact) mass is 466 g/mol. The van der Waals surface area contributed by atoms with Gasteiger partial charge in [0.05, 0.1) is 23.2 Å². The van der Waals surface area contributed by atoms with E-state index in [9.17, 15) is 4.79 Å². The van der Waals surface area contributed by atoms with Crippen LogP contribution >= 0.6 is 11.8 Å². The highest BCUT2D eigenvalue weighted by molar-refractivity contribution is 7.99. The number of nitrogens with zero attached hydrogens (tertiary/aromatic N) is 3. The van der Waals surface area contributed by atoms with Crippen molar-refractivity contribution in [3.05, 3.63) is 58.9 Å². The average Bonchev–Trinajstić information content (AvgIpc) is 3.44. The van der Waals surface area contributed by atoms with Crippen molar-refractivity contribution in [3.63, 3.8) is 0 Å². The van der Waals surface area contributed by atoms with Crippen LogP contribution < -0.4 is 10.1 Å². The largest absolute Gasteiger partial charge is 0.489 e. The number of thioether (sulfide) groups is 1. The SMILES string of the molecule is Cc1ccc(NC(=O)CSc2nnc(C)n2-c2cc(C)ccc2C)c(OCC2CCCO2)c1. The number of benzene rings is 2. The summed E-state index contributed by atoms with van der Waals surface area (Å²) in [5, 5.41) is 12.2. The number of carbonyl (C=O) groups excluding carboxylic acids is 1. The first-order valence-electron chi connectivity index (χ1n) is 11.2. The van der Waals surface area contributed by atoms with Crippen molar-refractivity contribution in [2.24, 2.45) is 0 Å². The summed E-state index contributed by atoms with van der Waals surface area (Å²) in [6.45, 7) is 9.31. The fraction of sp³-hybridized carbons (Fsp3) is 0.400. The van der Waals surface area contributed by atoms with E-state index in [1.54, 1.807) is 0 Å². The van der Waals surface area contributed by atoms with E-state index in [-0.39, 0.29) is 17.8 Å². The Morgan fingerprint density at radius 3 is 2.73 bits per heavy atom. The third-order valence-corrected chi connectivity index (χ3v) is 6.52. The maximum Gasteiger partial charge on any atom is 0.234 e. The van der Waals surface area contributed by atoms with E-state index in [2.05, 4.69) is 47.6 Å². The van der Waals surface area contributed by atoms with Crippen molar-refractivity contribution >= 4 is 23.4 Å². The minimum atomic E-state index is -0.126. The Bertz CT molecular complexity index is 1140. The van der Waals surface area contributed by atoms with Crippen LogP contribution in [0.15, 0.2) is 41.6 Å². The molecule has 0 aliphatic carbocycles. The molecule has 1 atom stereocenters. The van der Waals surface area contributed by atoms with Gasteiger partial charge in [-0.3, -0.25) is 9.36 Å². The smallest absolute Gasteiger partial charge is 0.234 e. The molecule has 2 aromatic carbocycles. The van der Waals surface area contributed by atoms with Gasteiger partial charge in [-0.05, 0) is 75.4 Å². The first kappa shape index (κ1) is 23.3. The Morgan fingerprint density at radius 2 is 1.94 bits per heavy atom. The van der Waals surface area contributed by atoms with Gasteiger partial charge in [-0.25, -0.2) is 0 Å². The second kappa shape index (κ2) is 10.4. The topological polar surface area (TPSA) is 78.3 Å². The van der Waals surface area contributed by atoms with Crippen LogP contribution in [0.5, 0.6) is 5.75 Å². The van der Waals surface area contributed by atoms with Crippen LogP contribution in [-0.4, -0.2) is 45.7 Å². The quantitative estimate of drug-likeness (QED) is 0.481. The molecule has 1 aliphatic heterocycles. The Balaban J connectivity index is 1.43. The van der Waals surface area contributed by atoms with Gasteiger partial charge in [0, 0.05) is 6.61 Å². The predicted octanol–water partition coefficient (Wildman–Crippen LogP) is 4.79. The summed E-state index contributed by atoms with van der Waals surface area (Å²) in [5.41, 5.74) is 5.05. The van der Waals surface area contributed by atoms with Gasteiger partial charge >= 0.3 is 0 Å². The summed E-state index contributed by atoms with van der Waals surface area (Å²) in [5.74, 6) is 1.54. The molecule has 1 amide bonds. The van der Waals surface area contributed by atoms with E-state index >= 15 is 0 Å². The van der Waals surface area contributed by atoms with E-state index < -0.39 is 0 Å². The van der Waals surface area contributed by atoms with Crippen LogP contribution in [0.4, 0.5) is 5.69 Å². The van der Waals surface area contributed by atoms with Crippen molar-refractivity contribution in [3.8, 4) is 11.4 Å². The maximum absolute atomic E-state index is 12.8. The zero-order valence-corrected chi connectivity index (χ0v) is 20.4. The van der Waals surface area contributed by atoms with Crippen molar-refractivity contribution < 1.29 is 14.3 Å². The highest BCUT2D eigenvalue weighted by Gasteiger charge is 2.18. The Morgan fingerprint density at radius 1 is 1.15 bits per heavy atom. The minimum Gasteiger partial charge on any atom is -0.489 e. The van der Waals surface area contributed by atoms with E-state index in [4.69, 9.17) is 9.47 Å². The number of carbonyl (C=O) groups is 1. The molecule has 0 radical (unpaired) electrons. The molecule has 1 unspecified atom stereocenters. The zero-order chi connectivity index (χ0) is 23.4. The fourth-order valence-corrected chi connectivity index (χ4v) is 4.59. The third-order valence-electron chi connectivity index (χ3n) is 5.59. The van der Waals surface area contributed by atoms with Gasteiger partial charge in [0.2, 0.25) is 5.91 Å². The van der Waals surface area contributed by atoms with Crippen molar-refractivity contribution in [2.75, 3.05) is 24.3 Å². The van der Waals surface area contributed by atoms with Crippen LogP contribution in [0.25, 0.3) is 5.69 Å². The lowest BCUT2D eigenvalue weighted by molar-refractivity contribution is -0.113. The Hall–Kier alpha value is -2.84. The van der Waals surface area contributed by atoms with Crippen molar-refractivity contribution in [1.82, 2.24) is 14.8 Å². The van der Waals surface area contributed by atoms with Crippen LogP contribution in [0.1, 0.15) is 35.4 Å². The normalized spacial score (nSPS) is 15.6. The number of anilines is 1. The molecule has 0 saturated carbocycles. The summed E-state index contributed by atoms with van der Waals surface area (Å²) < 4.78 is 13.6. The van der Waals surface area contributed by atoms with Crippen LogP contribution in [0.3, 0.4) is 0 Å². The van der Waals surface area contributed by atoms with E-state index in [1.165, 1.54) is 11.8 Å². The second-order valence-electron chi connectivity index (χ2n) is 8.44. The molecular weight excluding hydrogens is 436 g/mol. The molecule has 1 aliphatic rings. The van der Waals surface area contributed by atoms with E-state index in [1.807, 2.05) is 36.6 Å². The molecular formula is C25H30N4O3S. The summed E-state index contributed by atoms with van der Waals surface area (Å²) >= 11 is 1.36. The highest BCUT2D eigenvalue weighted by Crippen LogP contribution is 2.28.